The molecule has 106 valence electrons. The number of halogens is 1. The Hall–Kier alpha value is -0.640. The van der Waals surface area contributed by atoms with Gasteiger partial charge in [-0.2, -0.15) is 0 Å². The van der Waals surface area contributed by atoms with Crippen LogP contribution in [-0.2, 0) is 0 Å². The van der Waals surface area contributed by atoms with Gasteiger partial charge in [0.1, 0.15) is 16.2 Å². The molecule has 0 radical (unpaired) electrons. The van der Waals surface area contributed by atoms with Crippen molar-refractivity contribution < 1.29 is 0 Å². The minimum Gasteiger partial charge on any atom is -0.367 e. The first-order chi connectivity index (χ1) is 9.22. The second-order valence-corrected chi connectivity index (χ2v) is 6.29. The van der Waals surface area contributed by atoms with Crippen LogP contribution in [0, 0.1) is 0 Å². The zero-order valence-corrected chi connectivity index (χ0v) is 13.5. The molecule has 2 rings (SSSR count). The number of aromatic nitrogens is 2. The summed E-state index contributed by atoms with van der Waals surface area (Å²) in [7, 11) is 0. The Balaban J connectivity index is 2.02. The van der Waals surface area contributed by atoms with Crippen molar-refractivity contribution in [3.05, 3.63) is 16.5 Å². The van der Waals surface area contributed by atoms with Gasteiger partial charge < -0.3 is 5.32 Å². The Labute approximate surface area is 124 Å². The maximum absolute atomic E-state index is 4.67. The van der Waals surface area contributed by atoms with Gasteiger partial charge >= 0.3 is 0 Å². The van der Waals surface area contributed by atoms with E-state index in [4.69, 9.17) is 0 Å². The van der Waals surface area contributed by atoms with Gasteiger partial charge in [0, 0.05) is 18.0 Å². The smallest absolute Gasteiger partial charge is 0.135 e. The van der Waals surface area contributed by atoms with Crippen molar-refractivity contribution in [2.45, 2.75) is 70.8 Å². The molecule has 1 saturated carbocycles. The largest absolute Gasteiger partial charge is 0.367 e. The van der Waals surface area contributed by atoms with Crippen LogP contribution in [0.25, 0.3) is 0 Å². The minimum atomic E-state index is 0.541. The predicted octanol–water partition coefficient (Wildman–Crippen LogP) is 4.89. The molecule has 0 saturated heterocycles. The lowest BCUT2D eigenvalue weighted by Crippen LogP contribution is -2.20. The molecular weight excluding hydrogens is 302 g/mol. The summed E-state index contributed by atoms with van der Waals surface area (Å²) in [5.74, 6) is 2.58. The third kappa shape index (κ3) is 4.75. The molecule has 1 unspecified atom stereocenters. The highest BCUT2D eigenvalue weighted by Crippen LogP contribution is 2.38. The van der Waals surface area contributed by atoms with Crippen molar-refractivity contribution >= 4 is 21.7 Å². The highest BCUT2D eigenvalue weighted by molar-refractivity contribution is 9.10. The fourth-order valence-corrected chi connectivity index (χ4v) is 2.73. The first-order valence-electron chi connectivity index (χ1n) is 7.54. The molecule has 1 aromatic rings. The highest BCUT2D eigenvalue weighted by Gasteiger charge is 2.27. The molecule has 1 aliphatic carbocycles. The Bertz CT molecular complexity index is 404. The molecule has 4 heteroatoms. The van der Waals surface area contributed by atoms with E-state index < -0.39 is 0 Å². The molecular formula is C15H24BrN3. The van der Waals surface area contributed by atoms with Crippen LogP contribution >= 0.6 is 15.9 Å². The lowest BCUT2D eigenvalue weighted by Gasteiger charge is -2.19. The summed E-state index contributed by atoms with van der Waals surface area (Å²) in [4.78, 5) is 9.15. The van der Waals surface area contributed by atoms with E-state index in [1.165, 1.54) is 44.9 Å². The zero-order valence-electron chi connectivity index (χ0n) is 12.0. The van der Waals surface area contributed by atoms with Crippen LogP contribution in [0.1, 0.15) is 70.5 Å². The van der Waals surface area contributed by atoms with E-state index in [1.807, 2.05) is 6.07 Å². The Morgan fingerprint density at radius 3 is 2.68 bits per heavy atom. The second-order valence-electron chi connectivity index (χ2n) is 5.48. The molecule has 1 heterocycles. The quantitative estimate of drug-likeness (QED) is 0.691. The normalized spacial score (nSPS) is 16.4. The van der Waals surface area contributed by atoms with Gasteiger partial charge in [-0.05, 0) is 41.6 Å². The van der Waals surface area contributed by atoms with Crippen molar-refractivity contribution in [2.24, 2.45) is 0 Å². The van der Waals surface area contributed by atoms with Gasteiger partial charge in [0.25, 0.3) is 0 Å². The van der Waals surface area contributed by atoms with Crippen LogP contribution in [0.3, 0.4) is 0 Å². The zero-order chi connectivity index (χ0) is 13.7. The van der Waals surface area contributed by atoms with Gasteiger partial charge in [0.2, 0.25) is 0 Å². The topological polar surface area (TPSA) is 37.8 Å². The fourth-order valence-electron chi connectivity index (χ4n) is 2.33. The number of nitrogens with one attached hydrogen (secondary N) is 1. The van der Waals surface area contributed by atoms with E-state index >= 15 is 0 Å². The van der Waals surface area contributed by atoms with Gasteiger partial charge in [-0.1, -0.05) is 33.1 Å². The molecule has 1 fully saturated rings. The van der Waals surface area contributed by atoms with E-state index in [-0.39, 0.29) is 0 Å². The third-order valence-electron chi connectivity index (χ3n) is 3.55. The molecule has 1 N–H and O–H groups in total. The molecule has 0 bridgehead atoms. The monoisotopic (exact) mass is 325 g/mol. The Kier molecular flexibility index (Phi) is 5.61. The minimum absolute atomic E-state index is 0.541. The highest BCUT2D eigenvalue weighted by atomic mass is 79.9. The number of hydrogen-bond acceptors (Lipinski definition) is 3. The molecule has 3 nitrogen and oxygen atoms in total. The second kappa shape index (κ2) is 7.22. The van der Waals surface area contributed by atoms with Crippen molar-refractivity contribution in [2.75, 3.05) is 5.32 Å². The van der Waals surface area contributed by atoms with Gasteiger partial charge in [0.05, 0.1) is 0 Å². The van der Waals surface area contributed by atoms with Crippen LogP contribution in [0.4, 0.5) is 5.82 Å². The van der Waals surface area contributed by atoms with Crippen LogP contribution in [0.2, 0.25) is 0 Å². The summed E-state index contributed by atoms with van der Waals surface area (Å²) < 4.78 is 0.901. The van der Waals surface area contributed by atoms with Crippen molar-refractivity contribution in [1.29, 1.82) is 0 Å². The molecule has 0 aromatic carbocycles. The summed E-state index contributed by atoms with van der Waals surface area (Å²) in [6.45, 7) is 4.49. The van der Waals surface area contributed by atoms with E-state index in [9.17, 15) is 0 Å². The van der Waals surface area contributed by atoms with Crippen molar-refractivity contribution in [1.82, 2.24) is 9.97 Å². The van der Waals surface area contributed by atoms with Crippen LogP contribution < -0.4 is 5.32 Å². The maximum atomic E-state index is 4.67. The summed E-state index contributed by atoms with van der Waals surface area (Å²) in [5, 5.41) is 3.60. The number of rotatable bonds is 8. The summed E-state index contributed by atoms with van der Waals surface area (Å²) in [6, 6.07) is 2.54. The standard InChI is InChI=1S/C15H24BrN3/c1-3-5-7-12(6-4-2)17-14-10-13(16)18-15(19-14)11-8-9-11/h10-12H,3-9H2,1-2H3,(H,17,18,19). The third-order valence-corrected chi connectivity index (χ3v) is 3.96. The summed E-state index contributed by atoms with van der Waals surface area (Å²) in [5.41, 5.74) is 0. The van der Waals surface area contributed by atoms with E-state index in [2.05, 4.69) is 45.1 Å². The number of hydrogen-bond donors (Lipinski definition) is 1. The number of unbranched alkanes of at least 4 members (excludes halogenated alkanes) is 1. The summed E-state index contributed by atoms with van der Waals surface area (Å²) >= 11 is 3.50. The first kappa shape index (κ1) is 14.8. The average molecular weight is 326 g/mol. The first-order valence-corrected chi connectivity index (χ1v) is 8.33. The molecule has 19 heavy (non-hydrogen) atoms. The average Bonchev–Trinajstić information content (AvgIpc) is 3.19. The Morgan fingerprint density at radius 1 is 1.26 bits per heavy atom. The lowest BCUT2D eigenvalue weighted by molar-refractivity contribution is 0.562. The van der Waals surface area contributed by atoms with E-state index in [1.54, 1.807) is 0 Å². The lowest BCUT2D eigenvalue weighted by atomic mass is 10.1. The van der Waals surface area contributed by atoms with Gasteiger partial charge in [-0.3, -0.25) is 0 Å². The molecule has 0 spiro atoms. The SMILES string of the molecule is CCCCC(CCC)Nc1cc(Br)nc(C2CC2)n1. The van der Waals surface area contributed by atoms with Crippen molar-refractivity contribution in [3.8, 4) is 0 Å². The van der Waals surface area contributed by atoms with Gasteiger partial charge in [-0.25, -0.2) is 9.97 Å². The summed E-state index contributed by atoms with van der Waals surface area (Å²) in [6.07, 6.45) is 8.66. The van der Waals surface area contributed by atoms with Crippen LogP contribution in [-0.4, -0.2) is 16.0 Å². The molecule has 0 amide bonds. The molecule has 0 aliphatic heterocycles. The van der Waals surface area contributed by atoms with Crippen LogP contribution in [0.5, 0.6) is 0 Å². The predicted molar refractivity (Wildman–Crippen MR) is 83.6 cm³/mol. The van der Waals surface area contributed by atoms with E-state index in [0.29, 0.717) is 12.0 Å². The van der Waals surface area contributed by atoms with Crippen LogP contribution in [0.15, 0.2) is 10.7 Å². The molecule has 1 atom stereocenters. The van der Waals surface area contributed by atoms with Crippen molar-refractivity contribution in [3.63, 3.8) is 0 Å². The van der Waals surface area contributed by atoms with E-state index in [0.717, 1.165) is 16.2 Å². The molecule has 1 aromatic heterocycles. The Morgan fingerprint density at radius 2 is 2.05 bits per heavy atom. The molecule has 1 aliphatic rings. The fraction of sp³-hybridized carbons (Fsp3) is 0.733. The number of nitrogens with zero attached hydrogens (tertiary/aromatic N) is 2. The maximum Gasteiger partial charge on any atom is 0.135 e. The van der Waals surface area contributed by atoms with Gasteiger partial charge in [-0.15, -0.1) is 0 Å². The van der Waals surface area contributed by atoms with Gasteiger partial charge in [0.15, 0.2) is 0 Å². The number of anilines is 1.